The van der Waals surface area contributed by atoms with Crippen molar-refractivity contribution in [3.05, 3.63) is 41.1 Å². The molecule has 0 amide bonds. The van der Waals surface area contributed by atoms with Crippen LogP contribution in [0.25, 0.3) is 0 Å². The molecule has 0 aliphatic carbocycles. The van der Waals surface area contributed by atoms with Gasteiger partial charge >= 0.3 is 30.1 Å². The third kappa shape index (κ3) is 9.60. The molecule has 12 nitrogen and oxygen atoms in total. The maximum atomic E-state index is 14.5. The van der Waals surface area contributed by atoms with E-state index in [1.165, 1.54) is 11.8 Å². The Bertz CT molecular complexity index is 1370. The van der Waals surface area contributed by atoms with Gasteiger partial charge in [-0.15, -0.1) is 16.9 Å². The number of thioether (sulfide) groups is 1. The number of aromatic nitrogens is 2. The number of benzene rings is 1. The molecule has 1 fully saturated rings. The summed E-state index contributed by atoms with van der Waals surface area (Å²) in [6, 6.07) is 6.90. The van der Waals surface area contributed by atoms with Gasteiger partial charge in [0.25, 0.3) is 0 Å². The molecular weight excluding hydrogens is 625 g/mol. The molecule has 16 heteroatoms. The molecule has 3 rings (SSSR count). The van der Waals surface area contributed by atoms with Crippen LogP contribution in [-0.4, -0.2) is 77.2 Å². The zero-order valence-corrected chi connectivity index (χ0v) is 26.4. The van der Waals surface area contributed by atoms with Crippen LogP contribution in [0.3, 0.4) is 0 Å². The zero-order valence-electron chi connectivity index (χ0n) is 25.5. The smallest absolute Gasteiger partial charge is 0.433 e. The van der Waals surface area contributed by atoms with E-state index in [2.05, 4.69) is 5.10 Å². The Kier molecular flexibility index (Phi) is 12.3. The van der Waals surface area contributed by atoms with Gasteiger partial charge in [-0.05, 0) is 30.4 Å². The number of alkyl halides is 3. The van der Waals surface area contributed by atoms with Gasteiger partial charge in [-0.25, -0.2) is 0 Å². The highest BCUT2D eigenvalue weighted by molar-refractivity contribution is 7.98. The van der Waals surface area contributed by atoms with Crippen molar-refractivity contribution in [2.24, 2.45) is 0 Å². The maximum Gasteiger partial charge on any atom is 0.433 e. The molecule has 45 heavy (non-hydrogen) atoms. The molecule has 0 N–H and O–H groups in total. The first-order valence-electron chi connectivity index (χ1n) is 13.9. The monoisotopic (exact) mass is 660 g/mol. The molecule has 1 unspecified atom stereocenters. The molecule has 1 aliphatic rings. The van der Waals surface area contributed by atoms with Gasteiger partial charge in [0, 0.05) is 45.6 Å². The number of aryl methyl sites for hydroxylation is 1. The average molecular weight is 661 g/mol. The Labute approximate surface area is 261 Å². The first kappa shape index (κ1) is 35.7. The maximum absolute atomic E-state index is 14.5. The first-order valence-corrected chi connectivity index (χ1v) is 15.1. The number of ether oxygens (including phenoxy) is 6. The number of esters is 4. The summed E-state index contributed by atoms with van der Waals surface area (Å²) in [6.07, 6.45) is -10.7. The van der Waals surface area contributed by atoms with Crippen LogP contribution in [0.4, 0.5) is 13.2 Å². The van der Waals surface area contributed by atoms with Crippen LogP contribution in [0.1, 0.15) is 57.9 Å². The standard InChI is InChI=1S/C29H35F3N2O10S/c1-7-12-34-26(29(30,31)32)21(13-19-8-10-20(45-6)11-9-19)27(33-34)44-28-25(42-18(5)38)24(41-17(4)37)23(40-16(3)36)22(43-28)14-39-15(2)35/h8-11,22-25,28H,7,12-14H2,1-6H3/t22-,23-,24+,25-,28?/m1/s1. The lowest BCUT2D eigenvalue weighted by molar-refractivity contribution is -0.289. The van der Waals surface area contributed by atoms with Crippen LogP contribution in [0.2, 0.25) is 0 Å². The van der Waals surface area contributed by atoms with Crippen molar-refractivity contribution >= 4 is 35.6 Å². The third-order valence-corrected chi connectivity index (χ3v) is 7.18. The third-order valence-electron chi connectivity index (χ3n) is 6.43. The minimum absolute atomic E-state index is 0.102. The molecule has 1 aromatic heterocycles. The van der Waals surface area contributed by atoms with Gasteiger partial charge in [-0.2, -0.15) is 13.2 Å². The molecular formula is C29H35F3N2O10S. The van der Waals surface area contributed by atoms with E-state index in [-0.39, 0.29) is 18.5 Å². The van der Waals surface area contributed by atoms with Crippen molar-refractivity contribution in [3.63, 3.8) is 0 Å². The molecule has 248 valence electrons. The first-order chi connectivity index (χ1) is 21.1. The number of hydrogen-bond donors (Lipinski definition) is 0. The molecule has 2 heterocycles. The number of rotatable bonds is 12. The molecule has 5 atom stereocenters. The van der Waals surface area contributed by atoms with E-state index in [1.807, 2.05) is 6.26 Å². The fourth-order valence-electron chi connectivity index (χ4n) is 4.76. The minimum atomic E-state index is -4.83. The van der Waals surface area contributed by atoms with Crippen LogP contribution < -0.4 is 4.74 Å². The molecule has 0 bridgehead atoms. The summed E-state index contributed by atoms with van der Waals surface area (Å²) in [7, 11) is 0. The number of carbonyl (C=O) groups excluding carboxylic acids is 4. The number of hydrogen-bond acceptors (Lipinski definition) is 12. The largest absolute Gasteiger partial charge is 0.463 e. The Morgan fingerprint density at radius 2 is 1.49 bits per heavy atom. The van der Waals surface area contributed by atoms with Gasteiger partial charge in [0.2, 0.25) is 18.3 Å². The Morgan fingerprint density at radius 3 is 2.00 bits per heavy atom. The highest BCUT2D eigenvalue weighted by atomic mass is 32.2. The summed E-state index contributed by atoms with van der Waals surface area (Å²) in [5.41, 5.74) is -0.833. The van der Waals surface area contributed by atoms with Gasteiger partial charge in [0.15, 0.2) is 12.2 Å². The van der Waals surface area contributed by atoms with Crippen LogP contribution in [0, 0.1) is 0 Å². The van der Waals surface area contributed by atoms with E-state index in [1.54, 1.807) is 31.2 Å². The summed E-state index contributed by atoms with van der Waals surface area (Å²) in [6.45, 7) is 5.30. The van der Waals surface area contributed by atoms with E-state index in [0.717, 1.165) is 37.3 Å². The summed E-state index contributed by atoms with van der Waals surface area (Å²) < 4.78 is 77.5. The second kappa shape index (κ2) is 15.5. The second-order valence-corrected chi connectivity index (χ2v) is 10.9. The lowest BCUT2D eigenvalue weighted by Gasteiger charge is -2.43. The van der Waals surface area contributed by atoms with Crippen molar-refractivity contribution < 1.29 is 60.8 Å². The highest BCUT2D eigenvalue weighted by Gasteiger charge is 2.54. The topological polar surface area (TPSA) is 141 Å². The molecule has 0 spiro atoms. The molecule has 1 saturated heterocycles. The normalized spacial score (nSPS) is 21.5. The van der Waals surface area contributed by atoms with Crippen LogP contribution in [-0.2, 0) is 62.0 Å². The molecule has 1 aromatic carbocycles. The number of carbonyl (C=O) groups is 4. The number of nitrogens with zero attached hydrogens (tertiary/aromatic N) is 2. The van der Waals surface area contributed by atoms with Gasteiger partial charge in [0.05, 0.1) is 5.56 Å². The minimum Gasteiger partial charge on any atom is -0.463 e. The fourth-order valence-corrected chi connectivity index (χ4v) is 5.17. The molecule has 0 radical (unpaired) electrons. The fraction of sp³-hybridized carbons (Fsp3) is 0.552. The van der Waals surface area contributed by atoms with E-state index in [9.17, 15) is 32.3 Å². The van der Waals surface area contributed by atoms with E-state index in [0.29, 0.717) is 12.0 Å². The summed E-state index contributed by atoms with van der Waals surface area (Å²) in [5.74, 6) is -3.81. The van der Waals surface area contributed by atoms with Gasteiger partial charge in [-0.1, -0.05) is 19.1 Å². The molecule has 0 saturated carbocycles. The van der Waals surface area contributed by atoms with Gasteiger partial charge in [-0.3, -0.25) is 23.9 Å². The van der Waals surface area contributed by atoms with Crippen molar-refractivity contribution in [3.8, 4) is 5.88 Å². The second-order valence-electron chi connectivity index (χ2n) is 10.1. The Balaban J connectivity index is 2.17. The van der Waals surface area contributed by atoms with E-state index in [4.69, 9.17) is 28.4 Å². The summed E-state index contributed by atoms with van der Waals surface area (Å²) >= 11 is 1.47. The Hall–Kier alpha value is -3.79. The Morgan fingerprint density at radius 1 is 0.911 bits per heavy atom. The lowest BCUT2D eigenvalue weighted by atomic mass is 9.98. The van der Waals surface area contributed by atoms with Crippen molar-refractivity contribution in [1.29, 1.82) is 0 Å². The molecule has 1 aliphatic heterocycles. The predicted molar refractivity (Wildman–Crippen MR) is 151 cm³/mol. The summed E-state index contributed by atoms with van der Waals surface area (Å²) in [5, 5.41) is 4.13. The number of halogens is 3. The average Bonchev–Trinajstić information content (AvgIpc) is 3.27. The van der Waals surface area contributed by atoms with Crippen molar-refractivity contribution in [2.75, 3.05) is 12.9 Å². The predicted octanol–water partition coefficient (Wildman–Crippen LogP) is 4.09. The lowest BCUT2D eigenvalue weighted by Crippen LogP contribution is -2.63. The van der Waals surface area contributed by atoms with E-state index >= 15 is 0 Å². The van der Waals surface area contributed by atoms with Gasteiger partial charge < -0.3 is 28.4 Å². The van der Waals surface area contributed by atoms with Crippen LogP contribution >= 0.6 is 11.8 Å². The van der Waals surface area contributed by atoms with Crippen molar-refractivity contribution in [2.45, 2.75) is 95.8 Å². The van der Waals surface area contributed by atoms with E-state index < -0.39 is 78.9 Å². The molecule has 2 aromatic rings. The van der Waals surface area contributed by atoms with Crippen molar-refractivity contribution in [1.82, 2.24) is 9.78 Å². The zero-order chi connectivity index (χ0) is 33.5. The van der Waals surface area contributed by atoms with Crippen LogP contribution in [0.5, 0.6) is 5.88 Å². The highest BCUT2D eigenvalue weighted by Crippen LogP contribution is 2.39. The summed E-state index contributed by atoms with van der Waals surface area (Å²) in [4.78, 5) is 48.8. The quantitative estimate of drug-likeness (QED) is 0.184. The SMILES string of the molecule is CCCn1nc(OC2O[C@H](COC(C)=O)[C@@H](OC(C)=O)[C@H](OC(C)=O)[C@H]2OC(C)=O)c(Cc2ccc(SC)cc2)c1C(F)(F)F. The van der Waals surface area contributed by atoms with Crippen LogP contribution in [0.15, 0.2) is 29.2 Å². The van der Waals surface area contributed by atoms with Gasteiger partial charge in [0.1, 0.15) is 18.4 Å².